The van der Waals surface area contributed by atoms with E-state index in [1.807, 2.05) is 18.2 Å². The molecule has 1 aliphatic carbocycles. The molecule has 1 aromatic rings. The van der Waals surface area contributed by atoms with Crippen LogP contribution in [0.25, 0.3) is 0 Å². The third kappa shape index (κ3) is 5.94. The molecule has 0 unspecified atom stereocenters. The van der Waals surface area contributed by atoms with Gasteiger partial charge in [-0.05, 0) is 37.7 Å². The molecular formula is C21H33NO2. The summed E-state index contributed by atoms with van der Waals surface area (Å²) in [5, 5.41) is 3.42. The third-order valence-electron chi connectivity index (χ3n) is 5.09. The maximum Gasteiger partial charge on any atom is 0.313 e. The topological polar surface area (TPSA) is 38.3 Å². The molecule has 1 saturated carbocycles. The molecule has 134 valence electrons. The molecule has 0 saturated heterocycles. The number of ether oxygens (including phenoxy) is 1. The van der Waals surface area contributed by atoms with Gasteiger partial charge in [-0.15, -0.1) is 0 Å². The van der Waals surface area contributed by atoms with Crippen LogP contribution in [0.2, 0.25) is 0 Å². The summed E-state index contributed by atoms with van der Waals surface area (Å²) in [5.74, 6) is 0.290. The number of benzene rings is 1. The highest BCUT2D eigenvalue weighted by Gasteiger charge is 2.32. The van der Waals surface area contributed by atoms with Gasteiger partial charge < -0.3 is 10.1 Å². The average molecular weight is 332 g/mol. The van der Waals surface area contributed by atoms with Gasteiger partial charge in [0.25, 0.3) is 0 Å². The predicted octanol–water partition coefficient (Wildman–Crippen LogP) is 4.67. The van der Waals surface area contributed by atoms with Crippen LogP contribution in [-0.4, -0.2) is 25.2 Å². The first-order valence-corrected chi connectivity index (χ1v) is 9.67. The Morgan fingerprint density at radius 3 is 2.58 bits per heavy atom. The second-order valence-electron chi connectivity index (χ2n) is 7.10. The lowest BCUT2D eigenvalue weighted by Crippen LogP contribution is -2.32. The summed E-state index contributed by atoms with van der Waals surface area (Å²) in [6.45, 7) is 5.56. The van der Waals surface area contributed by atoms with Gasteiger partial charge in [-0.25, -0.2) is 0 Å². The average Bonchev–Trinajstić information content (AvgIpc) is 2.61. The summed E-state index contributed by atoms with van der Waals surface area (Å²) in [5.41, 5.74) is 1.11. The van der Waals surface area contributed by atoms with Gasteiger partial charge in [-0.3, -0.25) is 4.79 Å². The molecule has 0 amide bonds. The van der Waals surface area contributed by atoms with Crippen LogP contribution in [0.4, 0.5) is 0 Å². The molecule has 0 spiro atoms. The number of hydrogen-bond acceptors (Lipinski definition) is 3. The van der Waals surface area contributed by atoms with Gasteiger partial charge in [0.15, 0.2) is 0 Å². The molecule has 1 aromatic carbocycles. The van der Waals surface area contributed by atoms with Crippen LogP contribution >= 0.6 is 0 Å². The second-order valence-corrected chi connectivity index (χ2v) is 7.10. The summed E-state index contributed by atoms with van der Waals surface area (Å²) in [7, 11) is 0. The molecular weight excluding hydrogens is 298 g/mol. The van der Waals surface area contributed by atoms with Gasteiger partial charge in [0.1, 0.15) is 6.61 Å². The Bertz CT molecular complexity index is 468. The smallest absolute Gasteiger partial charge is 0.313 e. The molecule has 3 nitrogen and oxygen atoms in total. The molecule has 0 radical (unpaired) electrons. The first kappa shape index (κ1) is 19.0. The van der Waals surface area contributed by atoms with Crippen LogP contribution < -0.4 is 5.32 Å². The molecule has 2 rings (SSSR count). The summed E-state index contributed by atoms with van der Waals surface area (Å²) in [4.78, 5) is 12.8. The van der Waals surface area contributed by atoms with E-state index in [-0.39, 0.29) is 11.9 Å². The Labute approximate surface area is 147 Å². The lowest BCUT2D eigenvalue weighted by Gasteiger charge is -2.29. The Hall–Kier alpha value is -1.35. The number of carbonyl (C=O) groups excluding carboxylic acids is 1. The van der Waals surface area contributed by atoms with Crippen molar-refractivity contribution in [2.75, 3.05) is 13.2 Å². The van der Waals surface area contributed by atoms with Gasteiger partial charge in [-0.2, -0.15) is 0 Å². The molecule has 0 bridgehead atoms. The maximum atomic E-state index is 12.8. The van der Waals surface area contributed by atoms with E-state index in [0.29, 0.717) is 18.6 Å². The van der Waals surface area contributed by atoms with E-state index < -0.39 is 0 Å². The zero-order chi connectivity index (χ0) is 17.2. The first-order valence-electron chi connectivity index (χ1n) is 9.67. The van der Waals surface area contributed by atoms with Crippen molar-refractivity contribution in [3.05, 3.63) is 35.9 Å². The number of esters is 1. The molecule has 0 aromatic heterocycles. The van der Waals surface area contributed by atoms with E-state index in [2.05, 4.69) is 31.3 Å². The predicted molar refractivity (Wildman–Crippen MR) is 99.1 cm³/mol. The van der Waals surface area contributed by atoms with Crippen molar-refractivity contribution in [3.63, 3.8) is 0 Å². The molecule has 0 aliphatic heterocycles. The second kappa shape index (κ2) is 10.5. The fourth-order valence-corrected chi connectivity index (χ4v) is 3.81. The van der Waals surface area contributed by atoms with Crippen molar-refractivity contribution in [1.82, 2.24) is 5.32 Å². The summed E-state index contributed by atoms with van der Waals surface area (Å²) in [6.07, 6.45) is 8.37. The fraction of sp³-hybridized carbons (Fsp3) is 0.667. The monoisotopic (exact) mass is 331 g/mol. The third-order valence-corrected chi connectivity index (χ3v) is 5.09. The van der Waals surface area contributed by atoms with Gasteiger partial charge in [0.05, 0.1) is 5.92 Å². The van der Waals surface area contributed by atoms with Crippen molar-refractivity contribution in [1.29, 1.82) is 0 Å². The lowest BCUT2D eigenvalue weighted by atomic mass is 9.77. The maximum absolute atomic E-state index is 12.8. The van der Waals surface area contributed by atoms with Crippen molar-refractivity contribution in [2.45, 2.75) is 70.8 Å². The van der Waals surface area contributed by atoms with Crippen molar-refractivity contribution in [2.24, 2.45) is 5.92 Å². The van der Waals surface area contributed by atoms with E-state index in [1.165, 1.54) is 25.7 Å². The van der Waals surface area contributed by atoms with Crippen molar-refractivity contribution < 1.29 is 9.53 Å². The molecule has 1 aliphatic rings. The van der Waals surface area contributed by atoms with Crippen molar-refractivity contribution >= 4 is 5.97 Å². The van der Waals surface area contributed by atoms with Crippen LogP contribution in [0, 0.1) is 5.92 Å². The zero-order valence-corrected chi connectivity index (χ0v) is 15.3. The summed E-state index contributed by atoms with van der Waals surface area (Å²) in [6, 6.07) is 10.7. The number of rotatable bonds is 9. The van der Waals surface area contributed by atoms with Crippen LogP contribution in [0.1, 0.15) is 70.3 Å². The molecule has 1 N–H and O–H groups in total. The van der Waals surface area contributed by atoms with E-state index >= 15 is 0 Å². The Kier molecular flexibility index (Phi) is 8.31. The lowest BCUT2D eigenvalue weighted by molar-refractivity contribution is -0.147. The van der Waals surface area contributed by atoms with Crippen LogP contribution in [0.15, 0.2) is 30.3 Å². The fourth-order valence-electron chi connectivity index (χ4n) is 3.81. The highest BCUT2D eigenvalue weighted by Crippen LogP contribution is 2.36. The SMILES string of the molecule is CCC[C@H](C)NCCOC(=O)[C@H](c1ccccc1)C1CCCCC1. The van der Waals surface area contributed by atoms with Gasteiger partial charge in [0, 0.05) is 12.6 Å². The highest BCUT2D eigenvalue weighted by molar-refractivity contribution is 5.78. The zero-order valence-electron chi connectivity index (χ0n) is 15.3. The van der Waals surface area contributed by atoms with E-state index in [0.717, 1.165) is 31.4 Å². The largest absolute Gasteiger partial charge is 0.464 e. The minimum Gasteiger partial charge on any atom is -0.464 e. The molecule has 24 heavy (non-hydrogen) atoms. The quantitative estimate of drug-likeness (QED) is 0.528. The van der Waals surface area contributed by atoms with E-state index in [4.69, 9.17) is 4.74 Å². The Balaban J connectivity index is 1.90. The normalized spacial score (nSPS) is 18.1. The van der Waals surface area contributed by atoms with Crippen LogP contribution in [0.3, 0.4) is 0 Å². The van der Waals surface area contributed by atoms with Crippen LogP contribution in [-0.2, 0) is 9.53 Å². The Morgan fingerprint density at radius 2 is 1.92 bits per heavy atom. The molecule has 1 fully saturated rings. The van der Waals surface area contributed by atoms with Crippen LogP contribution in [0.5, 0.6) is 0 Å². The number of hydrogen-bond donors (Lipinski definition) is 1. The molecule has 2 atom stereocenters. The number of carbonyl (C=O) groups is 1. The van der Waals surface area contributed by atoms with E-state index in [9.17, 15) is 4.79 Å². The van der Waals surface area contributed by atoms with Gasteiger partial charge in [0.2, 0.25) is 0 Å². The summed E-state index contributed by atoms with van der Waals surface area (Å²) >= 11 is 0. The summed E-state index contributed by atoms with van der Waals surface area (Å²) < 4.78 is 5.64. The van der Waals surface area contributed by atoms with Gasteiger partial charge >= 0.3 is 5.97 Å². The molecule has 0 heterocycles. The first-order chi connectivity index (χ1) is 11.7. The molecule has 3 heteroatoms. The minimum atomic E-state index is -0.0976. The van der Waals surface area contributed by atoms with E-state index in [1.54, 1.807) is 0 Å². The van der Waals surface area contributed by atoms with Gasteiger partial charge in [-0.1, -0.05) is 62.9 Å². The number of nitrogens with one attached hydrogen (secondary N) is 1. The van der Waals surface area contributed by atoms with Crippen molar-refractivity contribution in [3.8, 4) is 0 Å². The minimum absolute atomic E-state index is 0.0435. The standard InChI is InChI=1S/C21H33NO2/c1-3-10-17(2)22-15-16-24-21(23)20(18-11-6-4-7-12-18)19-13-8-5-9-14-19/h4,6-7,11-12,17,19-20,22H,3,5,8-10,13-16H2,1-2H3/t17-,20+/m0/s1. The highest BCUT2D eigenvalue weighted by atomic mass is 16.5. The Morgan fingerprint density at radius 1 is 1.21 bits per heavy atom.